The van der Waals surface area contributed by atoms with Crippen LogP contribution >= 0.6 is 23.2 Å². The Kier molecular flexibility index (Phi) is 6.27. The van der Waals surface area contributed by atoms with E-state index in [1.807, 2.05) is 37.6 Å². The van der Waals surface area contributed by atoms with Crippen molar-refractivity contribution in [1.29, 1.82) is 0 Å². The lowest BCUT2D eigenvalue weighted by molar-refractivity contribution is -0.117. The molecule has 1 amide bonds. The Bertz CT molecular complexity index is 987. The summed E-state index contributed by atoms with van der Waals surface area (Å²) in [6.45, 7) is 6.18. The predicted molar refractivity (Wildman–Crippen MR) is 112 cm³/mol. The predicted octanol–water partition coefficient (Wildman–Crippen LogP) is 5.34. The van der Waals surface area contributed by atoms with E-state index in [9.17, 15) is 4.79 Å². The largest absolute Gasteiger partial charge is 0.467 e. The highest BCUT2D eigenvalue weighted by Gasteiger charge is 2.14. The minimum absolute atomic E-state index is 0.204. The molecule has 5 nitrogen and oxygen atoms in total. The number of carbonyl (C=O) groups is 1. The Hall–Kier alpha value is -2.50. The molecule has 3 aromatic rings. The average Bonchev–Trinajstić information content (AvgIpc) is 3.26. The van der Waals surface area contributed by atoms with Crippen molar-refractivity contribution in [1.82, 2.24) is 15.1 Å². The number of hydrogen-bond donors (Lipinski definition) is 1. The highest BCUT2D eigenvalue weighted by molar-refractivity contribution is 6.35. The summed E-state index contributed by atoms with van der Waals surface area (Å²) in [5.41, 5.74) is 3.46. The second-order valence-electron chi connectivity index (χ2n) is 6.52. The van der Waals surface area contributed by atoms with Crippen LogP contribution in [0.25, 0.3) is 6.08 Å². The van der Waals surface area contributed by atoms with Crippen LogP contribution in [-0.2, 0) is 11.3 Å². The molecule has 0 saturated carbocycles. The van der Waals surface area contributed by atoms with E-state index in [1.54, 1.807) is 30.5 Å². The van der Waals surface area contributed by atoms with E-state index in [0.717, 1.165) is 22.5 Å². The molecule has 0 spiro atoms. The normalized spacial score (nSPS) is 12.5. The fraction of sp³-hybridized carbons (Fsp3) is 0.238. The minimum atomic E-state index is -0.209. The molecule has 7 heteroatoms. The monoisotopic (exact) mass is 417 g/mol. The zero-order valence-electron chi connectivity index (χ0n) is 15.9. The molecule has 146 valence electrons. The van der Waals surface area contributed by atoms with Crippen molar-refractivity contribution in [3.05, 3.63) is 81.0 Å². The molecule has 1 atom stereocenters. The van der Waals surface area contributed by atoms with E-state index in [-0.39, 0.29) is 11.9 Å². The Morgan fingerprint density at radius 1 is 1.25 bits per heavy atom. The average molecular weight is 418 g/mol. The van der Waals surface area contributed by atoms with Gasteiger partial charge in [0.2, 0.25) is 5.91 Å². The van der Waals surface area contributed by atoms with Gasteiger partial charge in [-0.05, 0) is 51.1 Å². The summed E-state index contributed by atoms with van der Waals surface area (Å²) in [6.07, 6.45) is 4.86. The molecule has 2 aromatic heterocycles. The number of rotatable bonds is 6. The summed E-state index contributed by atoms with van der Waals surface area (Å²) in [5, 5.41) is 8.64. The van der Waals surface area contributed by atoms with Gasteiger partial charge in [-0.2, -0.15) is 5.10 Å². The number of furan rings is 1. The van der Waals surface area contributed by atoms with Crippen molar-refractivity contribution in [3.63, 3.8) is 0 Å². The first-order chi connectivity index (χ1) is 13.4. The van der Waals surface area contributed by atoms with Crippen molar-refractivity contribution in [2.75, 3.05) is 0 Å². The molecule has 0 bridgehead atoms. The number of carbonyl (C=O) groups excluding carboxylic acids is 1. The van der Waals surface area contributed by atoms with Crippen molar-refractivity contribution < 1.29 is 9.21 Å². The minimum Gasteiger partial charge on any atom is -0.467 e. The first kappa shape index (κ1) is 20.2. The number of amides is 1. The van der Waals surface area contributed by atoms with Gasteiger partial charge in [-0.3, -0.25) is 9.48 Å². The van der Waals surface area contributed by atoms with Crippen molar-refractivity contribution in [2.24, 2.45) is 0 Å². The molecule has 0 aliphatic rings. The second kappa shape index (κ2) is 8.67. The molecule has 1 aromatic carbocycles. The quantitative estimate of drug-likeness (QED) is 0.550. The van der Waals surface area contributed by atoms with Gasteiger partial charge in [0.15, 0.2) is 0 Å². The lowest BCUT2D eigenvalue weighted by atomic mass is 10.1. The van der Waals surface area contributed by atoms with Crippen LogP contribution in [0.15, 0.2) is 47.1 Å². The third kappa shape index (κ3) is 4.49. The summed E-state index contributed by atoms with van der Waals surface area (Å²) in [5.74, 6) is 0.503. The number of benzene rings is 1. The zero-order chi connectivity index (χ0) is 20.3. The highest BCUT2D eigenvalue weighted by atomic mass is 35.5. The van der Waals surface area contributed by atoms with Crippen LogP contribution in [0.3, 0.4) is 0 Å². The lowest BCUT2D eigenvalue weighted by Gasteiger charge is -2.09. The van der Waals surface area contributed by atoms with Gasteiger partial charge in [-0.15, -0.1) is 0 Å². The van der Waals surface area contributed by atoms with Gasteiger partial charge in [0, 0.05) is 32.9 Å². The molecular weight excluding hydrogens is 397 g/mol. The molecular formula is C21H21Cl2N3O2. The highest BCUT2D eigenvalue weighted by Crippen LogP contribution is 2.26. The first-order valence-corrected chi connectivity index (χ1v) is 9.61. The van der Waals surface area contributed by atoms with E-state index in [2.05, 4.69) is 10.4 Å². The lowest BCUT2D eigenvalue weighted by Crippen LogP contribution is -2.24. The summed E-state index contributed by atoms with van der Waals surface area (Å²) in [6, 6.07) is 8.83. The van der Waals surface area contributed by atoms with Gasteiger partial charge >= 0.3 is 0 Å². The van der Waals surface area contributed by atoms with Crippen LogP contribution in [0.4, 0.5) is 0 Å². The summed E-state index contributed by atoms with van der Waals surface area (Å²) in [7, 11) is 0. The van der Waals surface area contributed by atoms with E-state index in [0.29, 0.717) is 22.4 Å². The van der Waals surface area contributed by atoms with Crippen LogP contribution in [-0.4, -0.2) is 15.7 Å². The molecule has 0 unspecified atom stereocenters. The fourth-order valence-electron chi connectivity index (χ4n) is 2.97. The first-order valence-electron chi connectivity index (χ1n) is 8.85. The van der Waals surface area contributed by atoms with Crippen LogP contribution in [0, 0.1) is 13.8 Å². The van der Waals surface area contributed by atoms with Gasteiger partial charge in [0.1, 0.15) is 5.76 Å². The van der Waals surface area contributed by atoms with Crippen LogP contribution in [0.1, 0.15) is 41.2 Å². The molecule has 0 aliphatic carbocycles. The van der Waals surface area contributed by atoms with E-state index >= 15 is 0 Å². The van der Waals surface area contributed by atoms with E-state index < -0.39 is 0 Å². The molecule has 3 rings (SSSR count). The standard InChI is InChI=1S/C21H21Cl2N3O2/c1-13-16(9-10-21(27)24-14(2)20-8-5-11-28-20)15(3)26(25-13)12-17-18(22)6-4-7-19(17)23/h4-11,14H,12H2,1-3H3,(H,24,27)/b10-9+/t14-/m1/s1. The molecule has 0 saturated heterocycles. The number of aryl methyl sites for hydroxylation is 1. The maximum absolute atomic E-state index is 12.2. The van der Waals surface area contributed by atoms with E-state index in [1.165, 1.54) is 6.08 Å². The number of nitrogens with one attached hydrogen (secondary N) is 1. The SMILES string of the molecule is Cc1nn(Cc2c(Cl)cccc2Cl)c(C)c1/C=C/C(=O)N[C@H](C)c1ccco1. The van der Waals surface area contributed by atoms with Crippen LogP contribution in [0.2, 0.25) is 10.0 Å². The van der Waals surface area contributed by atoms with E-state index in [4.69, 9.17) is 27.6 Å². The Balaban J connectivity index is 1.74. The zero-order valence-corrected chi connectivity index (χ0v) is 17.4. The van der Waals surface area contributed by atoms with Crippen LogP contribution < -0.4 is 5.32 Å². The number of hydrogen-bond acceptors (Lipinski definition) is 3. The fourth-order valence-corrected chi connectivity index (χ4v) is 3.49. The molecule has 28 heavy (non-hydrogen) atoms. The molecule has 0 aliphatic heterocycles. The van der Waals surface area contributed by atoms with Gasteiger partial charge in [0.05, 0.1) is 24.5 Å². The number of nitrogens with zero attached hydrogens (tertiary/aromatic N) is 2. The van der Waals surface area contributed by atoms with Crippen molar-refractivity contribution in [2.45, 2.75) is 33.4 Å². The maximum Gasteiger partial charge on any atom is 0.244 e. The Morgan fingerprint density at radius 3 is 2.61 bits per heavy atom. The summed E-state index contributed by atoms with van der Waals surface area (Å²) >= 11 is 12.5. The van der Waals surface area contributed by atoms with Gasteiger partial charge in [0.25, 0.3) is 0 Å². The molecule has 0 fully saturated rings. The third-order valence-corrected chi connectivity index (χ3v) is 5.25. The van der Waals surface area contributed by atoms with Crippen molar-refractivity contribution >= 4 is 35.2 Å². The molecule has 2 heterocycles. The van der Waals surface area contributed by atoms with Gasteiger partial charge in [-0.25, -0.2) is 0 Å². The van der Waals surface area contributed by atoms with Crippen molar-refractivity contribution in [3.8, 4) is 0 Å². The molecule has 0 radical (unpaired) electrons. The smallest absolute Gasteiger partial charge is 0.244 e. The summed E-state index contributed by atoms with van der Waals surface area (Å²) in [4.78, 5) is 12.2. The van der Waals surface area contributed by atoms with Gasteiger partial charge < -0.3 is 9.73 Å². The maximum atomic E-state index is 12.2. The topological polar surface area (TPSA) is 60.1 Å². The Morgan fingerprint density at radius 2 is 1.96 bits per heavy atom. The second-order valence-corrected chi connectivity index (χ2v) is 7.34. The molecule has 1 N–H and O–H groups in total. The summed E-state index contributed by atoms with van der Waals surface area (Å²) < 4.78 is 7.14. The van der Waals surface area contributed by atoms with Gasteiger partial charge in [-0.1, -0.05) is 29.3 Å². The Labute approximate surface area is 173 Å². The van der Waals surface area contributed by atoms with Crippen LogP contribution in [0.5, 0.6) is 0 Å². The number of halogens is 2. The third-order valence-electron chi connectivity index (χ3n) is 4.54. The number of aromatic nitrogens is 2.